The van der Waals surface area contributed by atoms with Gasteiger partial charge in [0.15, 0.2) is 4.33 Å². The first-order valence-corrected chi connectivity index (χ1v) is 10.4. The van der Waals surface area contributed by atoms with Crippen LogP contribution in [0.3, 0.4) is 0 Å². The highest BCUT2D eigenvalue weighted by Gasteiger charge is 2.80. The highest BCUT2D eigenvalue weighted by Crippen LogP contribution is 2.80. The zero-order chi connectivity index (χ0) is 20.3. The first-order chi connectivity index (χ1) is 12.3. The molecule has 27 heavy (non-hydrogen) atoms. The third-order valence-electron chi connectivity index (χ3n) is 4.70. The fraction of sp³-hybridized carbons (Fsp3) is 0.200. The van der Waals surface area contributed by atoms with Gasteiger partial charge >= 0.3 is 0 Å². The normalized spacial score (nSPS) is 28.2. The average molecular weight is 549 g/mol. The summed E-state index contributed by atoms with van der Waals surface area (Å²) >= 11 is 56.7. The van der Waals surface area contributed by atoms with Crippen LogP contribution in [0.1, 0.15) is 11.1 Å². The molecule has 0 spiro atoms. The van der Waals surface area contributed by atoms with Gasteiger partial charge in [-0.05, 0) is 12.1 Å². The minimum atomic E-state index is -1.98. The topological polar surface area (TPSA) is 45.4 Å². The van der Waals surface area contributed by atoms with Gasteiger partial charge in [0.2, 0.25) is 11.8 Å². The maximum atomic E-state index is 10.9. The van der Waals surface area contributed by atoms with Crippen molar-refractivity contribution >= 4 is 104 Å². The van der Waals surface area contributed by atoms with E-state index in [1.165, 1.54) is 12.1 Å². The molecule has 0 saturated heterocycles. The number of rotatable bonds is 1. The monoisotopic (exact) mass is 545 g/mol. The molecule has 2 aliphatic carbocycles. The van der Waals surface area contributed by atoms with Gasteiger partial charge in [0, 0.05) is 0 Å². The minimum absolute atomic E-state index is 0.0711. The molecule has 2 unspecified atom stereocenters. The number of aromatic hydroxyl groups is 2. The van der Waals surface area contributed by atoms with Gasteiger partial charge in [-0.2, -0.15) is 0 Å². The van der Waals surface area contributed by atoms with Crippen LogP contribution in [0.4, 0.5) is 0 Å². The Morgan fingerprint density at radius 2 is 1.07 bits per heavy atom. The summed E-state index contributed by atoms with van der Waals surface area (Å²) in [7, 11) is 0. The van der Waals surface area contributed by atoms with Crippen molar-refractivity contribution in [2.45, 2.75) is 14.1 Å². The maximum Gasteiger partial charge on any atom is 0.204 e. The molecule has 0 fully saturated rings. The van der Waals surface area contributed by atoms with Crippen LogP contribution in [0, 0.1) is 0 Å². The van der Waals surface area contributed by atoms with Gasteiger partial charge in [-0.25, -0.2) is 0 Å². The molecule has 0 aliphatic heterocycles. The lowest BCUT2D eigenvalue weighted by Gasteiger charge is -2.32. The van der Waals surface area contributed by atoms with E-state index in [0.29, 0.717) is 0 Å². The van der Waals surface area contributed by atoms with Crippen molar-refractivity contribution in [3.05, 3.63) is 48.4 Å². The number of fused-ring (bicyclic) bond motifs is 5. The number of aromatic nitrogens is 1. The van der Waals surface area contributed by atoms with Gasteiger partial charge in [0.05, 0.1) is 41.9 Å². The van der Waals surface area contributed by atoms with Crippen LogP contribution in [0.2, 0.25) is 15.1 Å². The van der Waals surface area contributed by atoms with Crippen molar-refractivity contribution in [1.29, 1.82) is 0 Å². The van der Waals surface area contributed by atoms with E-state index in [1.54, 1.807) is 0 Å². The highest BCUT2D eigenvalue weighted by molar-refractivity contribution is 6.65. The number of allylic oxidation sites excluding steroid dienone is 2. The van der Waals surface area contributed by atoms with Crippen molar-refractivity contribution in [3.63, 3.8) is 0 Å². The first kappa shape index (κ1) is 20.7. The van der Waals surface area contributed by atoms with Crippen LogP contribution in [0.15, 0.2) is 22.2 Å². The van der Waals surface area contributed by atoms with E-state index in [4.69, 9.17) is 104 Å². The Morgan fingerprint density at radius 1 is 0.704 bits per heavy atom. The zero-order valence-corrected chi connectivity index (χ0v) is 19.2. The summed E-state index contributed by atoms with van der Waals surface area (Å²) in [4.78, 5) is -3.78. The molecule has 2 N–H and O–H groups in total. The van der Waals surface area contributed by atoms with E-state index in [-0.39, 0.29) is 41.9 Å². The van der Waals surface area contributed by atoms with Gasteiger partial charge in [-0.1, -0.05) is 81.2 Å². The summed E-state index contributed by atoms with van der Waals surface area (Å²) < 4.78 is -0.971. The van der Waals surface area contributed by atoms with Crippen molar-refractivity contribution in [3.8, 4) is 17.4 Å². The number of halogens is 9. The van der Waals surface area contributed by atoms with Gasteiger partial charge in [-0.3, -0.25) is 4.57 Å². The van der Waals surface area contributed by atoms with Crippen molar-refractivity contribution < 1.29 is 10.2 Å². The maximum absolute atomic E-state index is 10.9. The zero-order valence-electron chi connectivity index (χ0n) is 12.4. The SMILES string of the molecule is Oc1c2c(c(O)n1-c1cc(Cl)c(Cl)c(Cl)c1)C1(Cl)C(Cl)=C(Cl)C2(Cl)C1(Cl)Cl. The predicted octanol–water partition coefficient (Wildman–Crippen LogP) is 7.61. The third-order valence-corrected chi connectivity index (χ3v) is 9.98. The Labute approximate surface area is 197 Å². The molecule has 0 radical (unpaired) electrons. The molecule has 2 aliphatic rings. The number of hydrogen-bond donors (Lipinski definition) is 2. The molecular weight excluding hydrogens is 545 g/mol. The second-order valence-corrected chi connectivity index (χ2v) is 10.4. The lowest BCUT2D eigenvalue weighted by molar-refractivity contribution is 0.391. The van der Waals surface area contributed by atoms with Crippen LogP contribution >= 0.6 is 104 Å². The van der Waals surface area contributed by atoms with Crippen molar-refractivity contribution in [1.82, 2.24) is 4.57 Å². The van der Waals surface area contributed by atoms with Crippen molar-refractivity contribution in [2.75, 3.05) is 0 Å². The van der Waals surface area contributed by atoms with Crippen LogP contribution in [0.25, 0.3) is 5.69 Å². The average Bonchev–Trinajstić information content (AvgIpc) is 2.97. The van der Waals surface area contributed by atoms with E-state index in [0.717, 1.165) is 4.57 Å². The number of benzene rings is 1. The molecule has 0 saturated carbocycles. The lowest BCUT2D eigenvalue weighted by Crippen LogP contribution is -2.40. The molecule has 2 atom stereocenters. The fourth-order valence-corrected chi connectivity index (χ4v) is 6.73. The summed E-state index contributed by atoms with van der Waals surface area (Å²) in [6, 6.07) is 2.75. The second kappa shape index (κ2) is 6.00. The van der Waals surface area contributed by atoms with Crippen LogP contribution in [0.5, 0.6) is 11.8 Å². The molecular formula is C15H4Cl9NO2. The Kier molecular flexibility index (Phi) is 4.60. The van der Waals surface area contributed by atoms with Gasteiger partial charge in [0.25, 0.3) is 0 Å². The summed E-state index contributed by atoms with van der Waals surface area (Å²) in [6.07, 6.45) is 0. The molecule has 1 aromatic carbocycles. The number of alkyl halides is 4. The van der Waals surface area contributed by atoms with Crippen molar-refractivity contribution in [2.24, 2.45) is 0 Å². The van der Waals surface area contributed by atoms with Gasteiger partial charge in [-0.15, -0.1) is 23.2 Å². The first-order valence-electron chi connectivity index (χ1n) is 6.97. The van der Waals surface area contributed by atoms with Crippen LogP contribution in [-0.4, -0.2) is 19.1 Å². The summed E-state index contributed by atoms with van der Waals surface area (Å²) in [5.41, 5.74) is 0.0391. The second-order valence-electron chi connectivity index (χ2n) is 5.98. The Hall–Kier alpha value is 0.450. The van der Waals surface area contributed by atoms with Gasteiger partial charge < -0.3 is 10.2 Å². The quantitative estimate of drug-likeness (QED) is 0.284. The molecule has 3 nitrogen and oxygen atoms in total. The largest absolute Gasteiger partial charge is 0.494 e. The summed E-state index contributed by atoms with van der Waals surface area (Å²) in [6.45, 7) is 0. The smallest absolute Gasteiger partial charge is 0.204 e. The Morgan fingerprint density at radius 3 is 1.44 bits per heavy atom. The Bertz CT molecular complexity index is 1000. The summed E-state index contributed by atoms with van der Waals surface area (Å²) in [5, 5.41) is 21.7. The van der Waals surface area contributed by atoms with Crippen LogP contribution in [-0.2, 0) is 9.75 Å². The van der Waals surface area contributed by atoms with Crippen LogP contribution < -0.4 is 0 Å². The number of nitrogens with zero attached hydrogens (tertiary/aromatic N) is 1. The molecule has 4 rings (SSSR count). The molecule has 2 aromatic rings. The molecule has 1 aromatic heterocycles. The van der Waals surface area contributed by atoms with E-state index in [2.05, 4.69) is 0 Å². The molecule has 2 bridgehead atoms. The standard InChI is InChI=1S/C15H4Cl9NO2/c16-4-1-3(2-5(17)8(4)18)25-11(26)6-7(12(25)27)14(22)10(20)9(19)13(6,21)15(14,23)24/h1-2,26-27H. The predicted molar refractivity (Wildman–Crippen MR) is 112 cm³/mol. The molecule has 144 valence electrons. The van der Waals surface area contributed by atoms with E-state index in [1.807, 2.05) is 0 Å². The molecule has 0 amide bonds. The van der Waals surface area contributed by atoms with E-state index < -0.39 is 25.8 Å². The lowest BCUT2D eigenvalue weighted by atomic mass is 10.00. The minimum Gasteiger partial charge on any atom is -0.494 e. The van der Waals surface area contributed by atoms with E-state index >= 15 is 0 Å². The third kappa shape index (κ3) is 2.12. The highest BCUT2D eigenvalue weighted by atomic mass is 35.5. The molecule has 12 heteroatoms. The molecule has 1 heterocycles. The van der Waals surface area contributed by atoms with E-state index in [9.17, 15) is 10.2 Å². The number of hydrogen-bond acceptors (Lipinski definition) is 2. The van der Waals surface area contributed by atoms with Gasteiger partial charge in [0.1, 0.15) is 9.75 Å². The fourth-order valence-electron chi connectivity index (χ4n) is 3.46. The summed E-state index contributed by atoms with van der Waals surface area (Å²) in [5.74, 6) is -1.02. The Balaban J connectivity index is 2.09.